The fraction of sp³-hybridized carbons (Fsp3) is 0.250. The van der Waals surface area contributed by atoms with E-state index in [4.69, 9.17) is 26.0 Å². The van der Waals surface area contributed by atoms with Gasteiger partial charge in [-0.3, -0.25) is 10.00 Å². The van der Waals surface area contributed by atoms with E-state index in [1.165, 1.54) is 0 Å². The highest BCUT2D eigenvalue weighted by Gasteiger charge is 2.17. The summed E-state index contributed by atoms with van der Waals surface area (Å²) in [5, 5.41) is 22.8. The number of alkyl halides is 1. The molecule has 32 heavy (non-hydrogen) atoms. The lowest BCUT2D eigenvalue weighted by Gasteiger charge is -2.13. The molecule has 3 N–H and O–H groups in total. The molecular weight excluding hydrogens is 438 g/mol. The average Bonchev–Trinajstić information content (AvgIpc) is 3.37. The number of rotatable bonds is 8. The van der Waals surface area contributed by atoms with Crippen LogP contribution in [0.1, 0.15) is 22.6 Å². The number of amides is 1. The number of aryl methyl sites for hydroxylation is 1. The van der Waals surface area contributed by atoms with E-state index >= 15 is 0 Å². The Morgan fingerprint density at radius 1 is 1.31 bits per heavy atom. The molecule has 3 aromatic heterocycles. The summed E-state index contributed by atoms with van der Waals surface area (Å²) in [6.07, 6.45) is 0.286. The van der Waals surface area contributed by atoms with Gasteiger partial charge in [-0.15, -0.1) is 11.6 Å². The minimum atomic E-state index is -1.26. The van der Waals surface area contributed by atoms with Crippen molar-refractivity contribution in [2.75, 3.05) is 17.7 Å². The van der Waals surface area contributed by atoms with Crippen LogP contribution in [0.5, 0.6) is 5.75 Å². The summed E-state index contributed by atoms with van der Waals surface area (Å²) in [7, 11) is 1.60. The van der Waals surface area contributed by atoms with E-state index in [2.05, 4.69) is 30.9 Å². The topological polar surface area (TPSA) is 140 Å². The van der Waals surface area contributed by atoms with E-state index in [-0.39, 0.29) is 5.95 Å². The zero-order valence-corrected chi connectivity index (χ0v) is 18.0. The van der Waals surface area contributed by atoms with Gasteiger partial charge < -0.3 is 19.7 Å². The van der Waals surface area contributed by atoms with Gasteiger partial charge in [0.1, 0.15) is 28.2 Å². The van der Waals surface area contributed by atoms with Gasteiger partial charge >= 0.3 is 6.09 Å². The van der Waals surface area contributed by atoms with Crippen molar-refractivity contribution >= 4 is 40.5 Å². The SMILES string of the molecule is COc1cc(CCl)ccc1Cn1ncc2nc(NC(=O)O)nc(NCc3cc(C)on3)c21. The first-order valence-electron chi connectivity index (χ1n) is 9.58. The molecule has 166 valence electrons. The van der Waals surface area contributed by atoms with Crippen LogP contribution in [-0.4, -0.2) is 43.2 Å². The average molecular weight is 458 g/mol. The Morgan fingerprint density at radius 2 is 2.16 bits per heavy atom. The fourth-order valence-corrected chi connectivity index (χ4v) is 3.40. The molecule has 0 fully saturated rings. The van der Waals surface area contributed by atoms with Crippen LogP contribution >= 0.6 is 11.6 Å². The number of ether oxygens (including phenoxy) is 1. The van der Waals surface area contributed by atoms with E-state index in [9.17, 15) is 4.79 Å². The first-order valence-corrected chi connectivity index (χ1v) is 10.1. The van der Waals surface area contributed by atoms with Gasteiger partial charge in [0.2, 0.25) is 5.95 Å². The molecule has 0 bridgehead atoms. The standard InChI is InChI=1S/C20H20ClN7O4/c1-11-5-14(27-32-11)8-22-18-17-15(24-19(25-18)26-20(29)30)9-23-28(17)10-13-4-3-12(7-21)6-16(13)31-2/h3-6,9H,7-8,10H2,1-2H3,(H,29,30)(H2,22,24,25,26). The van der Waals surface area contributed by atoms with Gasteiger partial charge in [-0.2, -0.15) is 10.1 Å². The van der Waals surface area contributed by atoms with E-state index in [1.54, 1.807) is 31.0 Å². The summed E-state index contributed by atoms with van der Waals surface area (Å²) in [5.41, 5.74) is 3.57. The number of benzene rings is 1. The van der Waals surface area contributed by atoms with Gasteiger partial charge in [-0.05, 0) is 18.6 Å². The number of methoxy groups -OCH3 is 1. The number of hydrogen-bond acceptors (Lipinski definition) is 8. The minimum Gasteiger partial charge on any atom is -0.496 e. The number of aromatic nitrogens is 5. The predicted octanol–water partition coefficient (Wildman–Crippen LogP) is 3.62. The third-order valence-electron chi connectivity index (χ3n) is 4.65. The molecule has 12 heteroatoms. The molecule has 1 aromatic carbocycles. The van der Waals surface area contributed by atoms with Crippen LogP contribution < -0.4 is 15.4 Å². The Kier molecular flexibility index (Phi) is 6.08. The van der Waals surface area contributed by atoms with Gasteiger partial charge in [0.25, 0.3) is 0 Å². The normalized spacial score (nSPS) is 11.0. The van der Waals surface area contributed by atoms with Gasteiger partial charge in [0, 0.05) is 17.5 Å². The van der Waals surface area contributed by atoms with Crippen molar-refractivity contribution in [3.8, 4) is 5.75 Å². The van der Waals surface area contributed by atoms with E-state index in [1.807, 2.05) is 18.2 Å². The molecule has 0 aliphatic heterocycles. The van der Waals surface area contributed by atoms with E-state index in [0.29, 0.717) is 53.0 Å². The molecule has 0 saturated carbocycles. The Morgan fingerprint density at radius 3 is 2.84 bits per heavy atom. The first-order chi connectivity index (χ1) is 15.5. The maximum atomic E-state index is 11.1. The largest absolute Gasteiger partial charge is 0.496 e. The second kappa shape index (κ2) is 9.10. The molecule has 0 unspecified atom stereocenters. The third kappa shape index (κ3) is 4.57. The summed E-state index contributed by atoms with van der Waals surface area (Å²) in [6.45, 7) is 2.49. The number of carboxylic acid groups (broad SMARTS) is 1. The number of fused-ring (bicyclic) bond motifs is 1. The summed E-state index contributed by atoms with van der Waals surface area (Å²) in [5.74, 6) is 2.08. The lowest BCUT2D eigenvalue weighted by molar-refractivity contribution is 0.209. The van der Waals surface area contributed by atoms with Crippen LogP contribution in [0.3, 0.4) is 0 Å². The highest BCUT2D eigenvalue weighted by atomic mass is 35.5. The molecule has 1 amide bonds. The van der Waals surface area contributed by atoms with Crippen molar-refractivity contribution in [2.45, 2.75) is 25.9 Å². The molecule has 0 aliphatic rings. The summed E-state index contributed by atoms with van der Waals surface area (Å²) >= 11 is 5.93. The number of anilines is 2. The summed E-state index contributed by atoms with van der Waals surface area (Å²) in [6, 6.07) is 7.53. The van der Waals surface area contributed by atoms with Crippen molar-refractivity contribution < 1.29 is 19.2 Å². The molecule has 4 rings (SSSR count). The van der Waals surface area contributed by atoms with Gasteiger partial charge in [-0.25, -0.2) is 9.78 Å². The molecule has 0 saturated heterocycles. The third-order valence-corrected chi connectivity index (χ3v) is 4.96. The summed E-state index contributed by atoms with van der Waals surface area (Å²) < 4.78 is 12.3. The van der Waals surface area contributed by atoms with Crippen molar-refractivity contribution in [1.82, 2.24) is 24.9 Å². The maximum Gasteiger partial charge on any atom is 0.411 e. The highest BCUT2D eigenvalue weighted by Crippen LogP contribution is 2.27. The minimum absolute atomic E-state index is 0.0626. The van der Waals surface area contributed by atoms with Gasteiger partial charge in [0.05, 0.1) is 26.4 Å². The first kappa shape index (κ1) is 21.4. The second-order valence-corrected chi connectivity index (χ2v) is 7.19. The molecule has 11 nitrogen and oxygen atoms in total. The monoisotopic (exact) mass is 457 g/mol. The zero-order chi connectivity index (χ0) is 22.7. The highest BCUT2D eigenvalue weighted by molar-refractivity contribution is 6.17. The molecule has 0 aliphatic carbocycles. The Balaban J connectivity index is 1.72. The Hall–Kier alpha value is -3.86. The van der Waals surface area contributed by atoms with Crippen molar-refractivity contribution in [3.05, 3.63) is 53.0 Å². The molecule has 4 aromatic rings. The van der Waals surface area contributed by atoms with Crippen LogP contribution in [-0.2, 0) is 19.0 Å². The summed E-state index contributed by atoms with van der Waals surface area (Å²) in [4.78, 5) is 19.7. The molecule has 3 heterocycles. The van der Waals surface area contributed by atoms with Crippen LogP contribution in [0.4, 0.5) is 16.6 Å². The van der Waals surface area contributed by atoms with Gasteiger partial charge in [-0.1, -0.05) is 17.3 Å². The van der Waals surface area contributed by atoms with Gasteiger partial charge in [0.15, 0.2) is 5.82 Å². The molecule has 0 spiro atoms. The quantitative estimate of drug-likeness (QED) is 0.338. The number of nitrogens with zero attached hydrogens (tertiary/aromatic N) is 5. The number of halogens is 1. The van der Waals surface area contributed by atoms with Crippen molar-refractivity contribution in [2.24, 2.45) is 0 Å². The maximum absolute atomic E-state index is 11.1. The lowest BCUT2D eigenvalue weighted by atomic mass is 10.1. The second-order valence-electron chi connectivity index (χ2n) is 6.92. The van der Waals surface area contributed by atoms with E-state index in [0.717, 1.165) is 11.1 Å². The Bertz CT molecular complexity index is 1270. The fourth-order valence-electron chi connectivity index (χ4n) is 3.23. The Labute approximate surface area is 187 Å². The molecule has 0 radical (unpaired) electrons. The van der Waals surface area contributed by atoms with Crippen LogP contribution in [0, 0.1) is 6.92 Å². The number of nitrogens with one attached hydrogen (secondary N) is 2. The smallest absolute Gasteiger partial charge is 0.411 e. The number of carbonyl (C=O) groups is 1. The van der Waals surface area contributed by atoms with E-state index < -0.39 is 6.09 Å². The molecule has 0 atom stereocenters. The lowest BCUT2D eigenvalue weighted by Crippen LogP contribution is -2.13. The van der Waals surface area contributed by atoms with Crippen LogP contribution in [0.15, 0.2) is 35.0 Å². The number of hydrogen-bond donors (Lipinski definition) is 3. The molecular formula is C20H20ClN7O4. The van der Waals surface area contributed by atoms with Crippen LogP contribution in [0.25, 0.3) is 11.0 Å². The van der Waals surface area contributed by atoms with Crippen molar-refractivity contribution in [1.29, 1.82) is 0 Å². The predicted molar refractivity (Wildman–Crippen MR) is 117 cm³/mol. The van der Waals surface area contributed by atoms with Crippen molar-refractivity contribution in [3.63, 3.8) is 0 Å². The van der Waals surface area contributed by atoms with Crippen LogP contribution in [0.2, 0.25) is 0 Å². The zero-order valence-electron chi connectivity index (χ0n) is 17.3.